The molecule has 0 bridgehead atoms. The number of ether oxygens (including phenoxy) is 1. The second-order valence-corrected chi connectivity index (χ2v) is 5.80. The van der Waals surface area contributed by atoms with Gasteiger partial charge in [0, 0.05) is 5.56 Å². The number of aryl methyl sites for hydroxylation is 1. The first kappa shape index (κ1) is 15.2. The summed E-state index contributed by atoms with van der Waals surface area (Å²) in [5.74, 6) is 0.725. The molecule has 0 saturated heterocycles. The molecule has 0 amide bonds. The van der Waals surface area contributed by atoms with Gasteiger partial charge in [-0.15, -0.1) is 0 Å². The van der Waals surface area contributed by atoms with Crippen LogP contribution in [0, 0.1) is 6.92 Å². The summed E-state index contributed by atoms with van der Waals surface area (Å²) in [5.41, 5.74) is 2.02. The number of phenolic OH excluding ortho intramolecular Hbond substituents is 1. The number of phenols is 1. The van der Waals surface area contributed by atoms with Crippen molar-refractivity contribution < 1.29 is 14.3 Å². The third kappa shape index (κ3) is 2.93. The maximum absolute atomic E-state index is 12.8. The highest BCUT2D eigenvalue weighted by atomic mass is 16.5. The van der Waals surface area contributed by atoms with E-state index in [1.807, 2.05) is 32.9 Å². The van der Waals surface area contributed by atoms with Gasteiger partial charge in [0.2, 0.25) is 11.2 Å². The summed E-state index contributed by atoms with van der Waals surface area (Å²) in [4.78, 5) is 12.8. The SMILES string of the molecule is Cc1ccc2c(=O)c(OC(C)C)c(-c3ccc(O)cc3)oc2c1. The van der Waals surface area contributed by atoms with Crippen LogP contribution in [0.2, 0.25) is 0 Å². The molecular formula is C19H18O4. The van der Waals surface area contributed by atoms with Gasteiger partial charge in [0.05, 0.1) is 11.5 Å². The van der Waals surface area contributed by atoms with Crippen LogP contribution in [0.1, 0.15) is 19.4 Å². The zero-order valence-electron chi connectivity index (χ0n) is 13.3. The third-order valence-corrected chi connectivity index (χ3v) is 3.49. The smallest absolute Gasteiger partial charge is 0.235 e. The van der Waals surface area contributed by atoms with Gasteiger partial charge in [-0.2, -0.15) is 0 Å². The minimum Gasteiger partial charge on any atom is -0.508 e. The molecule has 118 valence electrons. The first-order chi connectivity index (χ1) is 11.0. The average Bonchev–Trinajstić information content (AvgIpc) is 2.50. The predicted molar refractivity (Wildman–Crippen MR) is 90.1 cm³/mol. The Hall–Kier alpha value is -2.75. The number of hydrogen-bond donors (Lipinski definition) is 1. The summed E-state index contributed by atoms with van der Waals surface area (Å²) in [7, 11) is 0. The standard InChI is InChI=1S/C19H18O4/c1-11(2)22-19-17(21)15-9-4-12(3)10-16(15)23-18(19)13-5-7-14(20)8-6-13/h4-11,20H,1-3H3. The van der Waals surface area contributed by atoms with Crippen LogP contribution in [0.3, 0.4) is 0 Å². The number of aromatic hydroxyl groups is 1. The van der Waals surface area contributed by atoms with Crippen LogP contribution >= 0.6 is 0 Å². The minimum atomic E-state index is -0.192. The molecule has 0 spiro atoms. The van der Waals surface area contributed by atoms with E-state index in [-0.39, 0.29) is 23.0 Å². The molecule has 0 aliphatic carbocycles. The summed E-state index contributed by atoms with van der Waals surface area (Å²) in [6.45, 7) is 5.66. The highest BCUT2D eigenvalue weighted by Gasteiger charge is 2.18. The van der Waals surface area contributed by atoms with Crippen molar-refractivity contribution in [1.82, 2.24) is 0 Å². The van der Waals surface area contributed by atoms with Crippen molar-refractivity contribution in [3.05, 3.63) is 58.3 Å². The maximum atomic E-state index is 12.8. The first-order valence-electron chi connectivity index (χ1n) is 7.49. The Labute approximate surface area is 134 Å². The van der Waals surface area contributed by atoms with Crippen molar-refractivity contribution in [1.29, 1.82) is 0 Å². The van der Waals surface area contributed by atoms with E-state index in [4.69, 9.17) is 9.15 Å². The number of rotatable bonds is 3. The fourth-order valence-electron chi connectivity index (χ4n) is 2.43. The topological polar surface area (TPSA) is 59.7 Å². The van der Waals surface area contributed by atoms with E-state index in [0.717, 1.165) is 5.56 Å². The average molecular weight is 310 g/mol. The van der Waals surface area contributed by atoms with Crippen LogP contribution in [0.4, 0.5) is 0 Å². The Kier molecular flexibility index (Phi) is 3.82. The summed E-state index contributed by atoms with van der Waals surface area (Å²) < 4.78 is 11.7. The Bertz CT molecular complexity index is 905. The molecule has 0 unspecified atom stereocenters. The summed E-state index contributed by atoms with van der Waals surface area (Å²) in [6.07, 6.45) is -0.156. The Morgan fingerprint density at radius 1 is 1.09 bits per heavy atom. The molecule has 1 N–H and O–H groups in total. The molecular weight excluding hydrogens is 292 g/mol. The van der Waals surface area contributed by atoms with Crippen LogP contribution in [0.5, 0.6) is 11.5 Å². The monoisotopic (exact) mass is 310 g/mol. The zero-order chi connectivity index (χ0) is 16.6. The first-order valence-corrected chi connectivity index (χ1v) is 7.49. The van der Waals surface area contributed by atoms with E-state index >= 15 is 0 Å². The lowest BCUT2D eigenvalue weighted by Gasteiger charge is -2.14. The summed E-state index contributed by atoms with van der Waals surface area (Å²) in [6, 6.07) is 12.0. The molecule has 0 fully saturated rings. The van der Waals surface area contributed by atoms with Gasteiger partial charge in [-0.1, -0.05) is 6.07 Å². The quantitative estimate of drug-likeness (QED) is 0.785. The lowest BCUT2D eigenvalue weighted by atomic mass is 10.1. The van der Waals surface area contributed by atoms with Crippen molar-refractivity contribution in [2.75, 3.05) is 0 Å². The predicted octanol–water partition coefficient (Wildman–Crippen LogP) is 4.26. The van der Waals surface area contributed by atoms with Gasteiger partial charge in [-0.25, -0.2) is 0 Å². The molecule has 1 aromatic heterocycles. The molecule has 0 aliphatic heterocycles. The number of hydrogen-bond acceptors (Lipinski definition) is 4. The third-order valence-electron chi connectivity index (χ3n) is 3.49. The molecule has 0 aliphatic rings. The normalized spacial score (nSPS) is 11.1. The van der Waals surface area contributed by atoms with Crippen molar-refractivity contribution in [2.24, 2.45) is 0 Å². The fourth-order valence-corrected chi connectivity index (χ4v) is 2.43. The van der Waals surface area contributed by atoms with E-state index in [9.17, 15) is 9.90 Å². The molecule has 3 rings (SSSR count). The van der Waals surface area contributed by atoms with Crippen molar-refractivity contribution >= 4 is 11.0 Å². The molecule has 4 nitrogen and oxygen atoms in total. The molecule has 0 radical (unpaired) electrons. The Balaban J connectivity index is 2.32. The summed E-state index contributed by atoms with van der Waals surface area (Å²) >= 11 is 0. The molecule has 1 heterocycles. The Morgan fingerprint density at radius 2 is 1.78 bits per heavy atom. The highest BCUT2D eigenvalue weighted by molar-refractivity contribution is 5.82. The number of fused-ring (bicyclic) bond motifs is 1. The maximum Gasteiger partial charge on any atom is 0.235 e. The van der Waals surface area contributed by atoms with E-state index in [1.165, 1.54) is 0 Å². The van der Waals surface area contributed by atoms with Gasteiger partial charge in [0.25, 0.3) is 0 Å². The largest absolute Gasteiger partial charge is 0.508 e. The molecule has 2 aromatic carbocycles. The number of benzene rings is 2. The highest BCUT2D eigenvalue weighted by Crippen LogP contribution is 2.32. The molecule has 3 aromatic rings. The van der Waals surface area contributed by atoms with E-state index in [1.54, 1.807) is 30.3 Å². The lowest BCUT2D eigenvalue weighted by molar-refractivity contribution is 0.236. The second-order valence-electron chi connectivity index (χ2n) is 5.80. The molecule has 23 heavy (non-hydrogen) atoms. The molecule has 0 saturated carbocycles. The van der Waals surface area contributed by atoms with Gasteiger partial charge >= 0.3 is 0 Å². The van der Waals surface area contributed by atoms with Gasteiger partial charge in [-0.3, -0.25) is 4.79 Å². The Morgan fingerprint density at radius 3 is 2.43 bits per heavy atom. The van der Waals surface area contributed by atoms with Crippen LogP contribution in [0.25, 0.3) is 22.3 Å². The van der Waals surface area contributed by atoms with Gasteiger partial charge < -0.3 is 14.3 Å². The lowest BCUT2D eigenvalue weighted by Crippen LogP contribution is -2.15. The van der Waals surface area contributed by atoms with Crippen molar-refractivity contribution in [3.63, 3.8) is 0 Å². The molecule has 0 atom stereocenters. The van der Waals surface area contributed by atoms with Gasteiger partial charge in [0.15, 0.2) is 5.76 Å². The van der Waals surface area contributed by atoms with E-state index < -0.39 is 0 Å². The zero-order valence-corrected chi connectivity index (χ0v) is 13.3. The van der Waals surface area contributed by atoms with Crippen LogP contribution in [-0.2, 0) is 0 Å². The van der Waals surface area contributed by atoms with Crippen LogP contribution < -0.4 is 10.2 Å². The van der Waals surface area contributed by atoms with Gasteiger partial charge in [0.1, 0.15) is 11.3 Å². The minimum absolute atomic E-state index is 0.152. The summed E-state index contributed by atoms with van der Waals surface area (Å²) in [5, 5.41) is 9.95. The van der Waals surface area contributed by atoms with E-state index in [2.05, 4.69) is 0 Å². The van der Waals surface area contributed by atoms with Crippen molar-refractivity contribution in [2.45, 2.75) is 26.9 Å². The fraction of sp³-hybridized carbons (Fsp3) is 0.211. The van der Waals surface area contributed by atoms with Crippen molar-refractivity contribution in [3.8, 4) is 22.8 Å². The second kappa shape index (κ2) is 5.80. The van der Waals surface area contributed by atoms with Crippen LogP contribution in [-0.4, -0.2) is 11.2 Å². The van der Waals surface area contributed by atoms with E-state index in [0.29, 0.717) is 22.3 Å². The molecule has 4 heteroatoms. The van der Waals surface area contributed by atoms with Gasteiger partial charge in [-0.05, 0) is 62.7 Å². The van der Waals surface area contributed by atoms with Crippen LogP contribution in [0.15, 0.2) is 51.7 Å².